The minimum atomic E-state index is -4.64. The van der Waals surface area contributed by atoms with Crippen LogP contribution in [0.4, 0.5) is 18.9 Å². The summed E-state index contributed by atoms with van der Waals surface area (Å²) in [5.41, 5.74) is 7.39. The molecule has 1 aromatic heterocycles. The molecule has 0 radical (unpaired) electrons. The van der Waals surface area contributed by atoms with Crippen molar-refractivity contribution in [2.45, 2.75) is 38.5 Å². The summed E-state index contributed by atoms with van der Waals surface area (Å²) in [6, 6.07) is 16.0. The summed E-state index contributed by atoms with van der Waals surface area (Å²) in [6.45, 7) is 1.74. The van der Waals surface area contributed by atoms with Gasteiger partial charge in [-0.15, -0.1) is 0 Å². The number of anilines is 1. The zero-order chi connectivity index (χ0) is 26.5. The zero-order valence-corrected chi connectivity index (χ0v) is 20.6. The van der Waals surface area contributed by atoms with E-state index in [0.717, 1.165) is 15.9 Å². The Morgan fingerprint density at radius 3 is 2.39 bits per heavy atom. The Balaban J connectivity index is 1.85. The summed E-state index contributed by atoms with van der Waals surface area (Å²) in [7, 11) is -1.41. The molecule has 1 amide bonds. The number of aryl methyl sites for hydroxylation is 2. The Bertz CT molecular complexity index is 1290. The molecule has 0 aliphatic rings. The lowest BCUT2D eigenvalue weighted by molar-refractivity contribution is -0.141. The lowest BCUT2D eigenvalue weighted by Gasteiger charge is -2.19. The van der Waals surface area contributed by atoms with Crippen LogP contribution in [0.3, 0.4) is 0 Å². The van der Waals surface area contributed by atoms with E-state index in [9.17, 15) is 26.4 Å². The molecule has 0 saturated carbocycles. The molecule has 3 rings (SSSR count). The SMILES string of the molecule is Cc1cc(C(CCc2ccc(C(F)(F)F)nc2OCc2ccccc2)C(N)=O)ccc1N(C)[SH](=O)=O. The first-order valence-electron chi connectivity index (χ1n) is 11.0. The van der Waals surface area contributed by atoms with Crippen LogP contribution in [0.2, 0.25) is 0 Å². The Labute approximate surface area is 208 Å². The minimum Gasteiger partial charge on any atom is -0.473 e. The first-order valence-corrected chi connectivity index (χ1v) is 12.1. The number of halogens is 3. The minimum absolute atomic E-state index is 0.0253. The van der Waals surface area contributed by atoms with Gasteiger partial charge >= 0.3 is 6.18 Å². The molecule has 11 heteroatoms. The van der Waals surface area contributed by atoms with Crippen molar-refractivity contribution in [2.75, 3.05) is 11.4 Å². The van der Waals surface area contributed by atoms with E-state index in [2.05, 4.69) is 4.98 Å². The van der Waals surface area contributed by atoms with Gasteiger partial charge in [-0.05, 0) is 48.6 Å². The number of carbonyl (C=O) groups is 1. The van der Waals surface area contributed by atoms with Crippen molar-refractivity contribution in [3.8, 4) is 5.88 Å². The Hall–Kier alpha value is -3.60. The molecule has 1 unspecified atom stereocenters. The molecule has 2 N–H and O–H groups in total. The van der Waals surface area contributed by atoms with Gasteiger partial charge in [0.05, 0.1) is 11.6 Å². The van der Waals surface area contributed by atoms with Crippen LogP contribution in [0.25, 0.3) is 0 Å². The average Bonchev–Trinajstić information content (AvgIpc) is 2.82. The van der Waals surface area contributed by atoms with E-state index < -0.39 is 34.6 Å². The first-order chi connectivity index (χ1) is 17.0. The Morgan fingerprint density at radius 1 is 1.11 bits per heavy atom. The summed E-state index contributed by atoms with van der Waals surface area (Å²) in [4.78, 5) is 15.9. The molecular weight excluding hydrogens is 495 g/mol. The van der Waals surface area contributed by atoms with E-state index in [1.165, 1.54) is 13.1 Å². The molecule has 2 aromatic carbocycles. The van der Waals surface area contributed by atoms with Crippen molar-refractivity contribution in [3.63, 3.8) is 0 Å². The van der Waals surface area contributed by atoms with Gasteiger partial charge in [-0.1, -0.05) is 48.5 Å². The fraction of sp³-hybridized carbons (Fsp3) is 0.280. The monoisotopic (exact) mass is 521 g/mol. The highest BCUT2D eigenvalue weighted by molar-refractivity contribution is 7.74. The number of aromatic nitrogens is 1. The second-order valence-electron chi connectivity index (χ2n) is 8.23. The summed E-state index contributed by atoms with van der Waals surface area (Å²) < 4.78 is 69.1. The lowest BCUT2D eigenvalue weighted by atomic mass is 9.90. The molecule has 3 aromatic rings. The van der Waals surface area contributed by atoms with Crippen molar-refractivity contribution < 1.29 is 31.1 Å². The molecule has 0 spiro atoms. The lowest BCUT2D eigenvalue weighted by Crippen LogP contribution is -2.23. The van der Waals surface area contributed by atoms with Gasteiger partial charge < -0.3 is 10.5 Å². The van der Waals surface area contributed by atoms with Gasteiger partial charge in [0.15, 0.2) is 0 Å². The third-order valence-corrected chi connectivity index (χ3v) is 6.42. The van der Waals surface area contributed by atoms with Crippen molar-refractivity contribution in [2.24, 2.45) is 5.73 Å². The van der Waals surface area contributed by atoms with Gasteiger partial charge in [0.2, 0.25) is 22.7 Å². The second kappa shape index (κ2) is 11.4. The number of amides is 1. The summed E-state index contributed by atoms with van der Waals surface area (Å²) in [5.74, 6) is -1.53. The maximum absolute atomic E-state index is 13.3. The number of thiol groups is 1. The van der Waals surface area contributed by atoms with E-state index in [-0.39, 0.29) is 25.3 Å². The molecule has 1 heterocycles. The van der Waals surface area contributed by atoms with Crippen molar-refractivity contribution in [1.29, 1.82) is 0 Å². The van der Waals surface area contributed by atoms with Crippen LogP contribution in [0.1, 0.15) is 40.3 Å². The molecule has 0 aliphatic carbocycles. The number of rotatable bonds is 10. The number of pyridine rings is 1. The van der Waals surface area contributed by atoms with Gasteiger partial charge in [-0.3, -0.25) is 9.10 Å². The van der Waals surface area contributed by atoms with Crippen LogP contribution in [-0.4, -0.2) is 26.4 Å². The number of carbonyl (C=O) groups excluding carboxylic acids is 1. The number of hydrogen-bond acceptors (Lipinski definition) is 5. The van der Waals surface area contributed by atoms with Crippen molar-refractivity contribution in [3.05, 3.63) is 88.6 Å². The van der Waals surface area contributed by atoms with Crippen molar-refractivity contribution in [1.82, 2.24) is 4.98 Å². The van der Waals surface area contributed by atoms with Crippen LogP contribution < -0.4 is 14.8 Å². The quantitative estimate of drug-likeness (QED) is 0.390. The fourth-order valence-corrected chi connectivity index (χ4v) is 4.19. The first kappa shape index (κ1) is 27.0. The smallest absolute Gasteiger partial charge is 0.433 e. The van der Waals surface area contributed by atoms with Gasteiger partial charge in [0.25, 0.3) is 0 Å². The predicted octanol–water partition coefficient (Wildman–Crippen LogP) is 4.15. The largest absolute Gasteiger partial charge is 0.473 e. The molecule has 7 nitrogen and oxygen atoms in total. The zero-order valence-electron chi connectivity index (χ0n) is 19.7. The standard InChI is InChI=1S/C25H26F3N3O4S/c1-16-14-19(9-12-21(16)31(2)36(33)34)20(23(29)32)11-8-18-10-13-22(25(26,27)28)30-24(18)35-15-17-6-4-3-5-7-17/h3-7,9-10,12-14,20,36H,8,11,15H2,1-2H3,(H2,29,32). The maximum Gasteiger partial charge on any atom is 0.433 e. The Morgan fingerprint density at radius 2 is 1.81 bits per heavy atom. The molecule has 0 bridgehead atoms. The maximum atomic E-state index is 13.3. The van der Waals surface area contributed by atoms with Crippen LogP contribution in [0.5, 0.6) is 5.88 Å². The van der Waals surface area contributed by atoms with Gasteiger partial charge in [-0.25, -0.2) is 13.4 Å². The molecule has 36 heavy (non-hydrogen) atoms. The fourth-order valence-electron chi connectivity index (χ4n) is 3.79. The number of ether oxygens (including phenoxy) is 1. The topological polar surface area (TPSA) is 103 Å². The van der Waals surface area contributed by atoms with Crippen molar-refractivity contribution >= 4 is 22.5 Å². The molecule has 1 atom stereocenters. The second-order valence-corrected chi connectivity index (χ2v) is 9.31. The number of primary amides is 1. The summed E-state index contributed by atoms with van der Waals surface area (Å²) in [5, 5.41) is 0. The number of alkyl halides is 3. The number of nitrogens with zero attached hydrogens (tertiary/aromatic N) is 2. The number of hydrogen-bond donors (Lipinski definition) is 2. The highest BCUT2D eigenvalue weighted by Gasteiger charge is 2.33. The molecule has 192 valence electrons. The van der Waals surface area contributed by atoms with E-state index in [4.69, 9.17) is 10.5 Å². The van der Waals surface area contributed by atoms with Crippen LogP contribution >= 0.6 is 0 Å². The van der Waals surface area contributed by atoms with Gasteiger partial charge in [0, 0.05) is 12.6 Å². The number of nitrogens with two attached hydrogens (primary N) is 1. The van der Waals surface area contributed by atoms with E-state index in [0.29, 0.717) is 22.4 Å². The van der Waals surface area contributed by atoms with Gasteiger partial charge in [0.1, 0.15) is 12.3 Å². The average molecular weight is 522 g/mol. The highest BCUT2D eigenvalue weighted by Crippen LogP contribution is 2.33. The third-order valence-electron chi connectivity index (χ3n) is 5.71. The van der Waals surface area contributed by atoms with Crippen LogP contribution in [-0.2, 0) is 34.9 Å². The predicted molar refractivity (Wildman–Crippen MR) is 130 cm³/mol. The molecular formula is C25H26F3N3O4S. The molecule has 0 saturated heterocycles. The molecule has 0 fully saturated rings. The highest BCUT2D eigenvalue weighted by atomic mass is 32.2. The summed E-state index contributed by atoms with van der Waals surface area (Å²) >= 11 is 0. The van der Waals surface area contributed by atoms with Crippen LogP contribution in [0, 0.1) is 6.92 Å². The van der Waals surface area contributed by atoms with E-state index in [1.807, 2.05) is 6.07 Å². The number of benzene rings is 2. The summed E-state index contributed by atoms with van der Waals surface area (Å²) in [6.07, 6.45) is -4.27. The third kappa shape index (κ3) is 6.75. The van der Waals surface area contributed by atoms with Crippen LogP contribution in [0.15, 0.2) is 60.7 Å². The van der Waals surface area contributed by atoms with E-state index >= 15 is 0 Å². The van der Waals surface area contributed by atoms with Gasteiger partial charge in [-0.2, -0.15) is 13.2 Å². The Kier molecular flexibility index (Phi) is 8.57. The van der Waals surface area contributed by atoms with E-state index in [1.54, 1.807) is 49.4 Å². The normalized spacial score (nSPS) is 12.4. The molecule has 0 aliphatic heterocycles.